The number of benzene rings is 2. The minimum atomic E-state index is -1.18. The van der Waals surface area contributed by atoms with Gasteiger partial charge in [0.1, 0.15) is 23.6 Å². The van der Waals surface area contributed by atoms with Crippen LogP contribution in [0.25, 0.3) is 10.9 Å². The molecule has 182 valence electrons. The Balaban J connectivity index is 1.49. The number of carbonyl (C=O) groups is 1. The Morgan fingerprint density at radius 3 is 2.69 bits per heavy atom. The number of carbonyl (C=O) groups excluding carboxylic acids is 1. The summed E-state index contributed by atoms with van der Waals surface area (Å²) in [7, 11) is 0. The number of amides is 1. The fourth-order valence-electron chi connectivity index (χ4n) is 3.38. The van der Waals surface area contributed by atoms with Crippen molar-refractivity contribution in [1.29, 1.82) is 0 Å². The van der Waals surface area contributed by atoms with Crippen LogP contribution in [0.15, 0.2) is 61.1 Å². The second kappa shape index (κ2) is 11.5. The molecule has 1 amide bonds. The largest absolute Gasteiger partial charge is 0.616 e. The first-order chi connectivity index (χ1) is 17.4. The molecule has 36 heavy (non-hydrogen) atoms. The molecule has 2 aromatic carbocycles. The van der Waals surface area contributed by atoms with Gasteiger partial charge >= 0.3 is 0 Å². The Morgan fingerprint density at radius 1 is 1.08 bits per heavy atom. The first kappa shape index (κ1) is 25.0. The van der Waals surface area contributed by atoms with Gasteiger partial charge in [0.25, 0.3) is 5.91 Å². The summed E-state index contributed by atoms with van der Waals surface area (Å²) in [5.74, 6) is 7.71. The van der Waals surface area contributed by atoms with Crippen molar-refractivity contribution in [3.63, 3.8) is 0 Å². The smallest absolute Gasteiger partial charge is 0.270 e. The van der Waals surface area contributed by atoms with Gasteiger partial charge in [0.05, 0.1) is 24.5 Å². The van der Waals surface area contributed by atoms with E-state index in [4.69, 9.17) is 4.74 Å². The minimum Gasteiger partial charge on any atom is -0.616 e. The molecule has 9 heteroatoms. The van der Waals surface area contributed by atoms with Crippen molar-refractivity contribution in [2.45, 2.75) is 13.8 Å². The summed E-state index contributed by atoms with van der Waals surface area (Å²) in [5, 5.41) is 6.82. The third-order valence-corrected chi connectivity index (χ3v) is 5.79. The number of anilines is 2. The quantitative estimate of drug-likeness (QED) is 0.292. The van der Waals surface area contributed by atoms with E-state index in [-0.39, 0.29) is 18.2 Å². The molecule has 4 rings (SSSR count). The van der Waals surface area contributed by atoms with Crippen LogP contribution < -0.4 is 15.4 Å². The summed E-state index contributed by atoms with van der Waals surface area (Å²) in [6, 6.07) is 15.3. The van der Waals surface area contributed by atoms with Crippen LogP contribution in [0.4, 0.5) is 11.5 Å². The highest BCUT2D eigenvalue weighted by Crippen LogP contribution is 2.29. The minimum absolute atomic E-state index is 0.0280. The fraction of sp³-hybridized carbons (Fsp3) is 0.185. The third-order valence-electron chi connectivity index (χ3n) is 5.13. The fourth-order valence-corrected chi connectivity index (χ4v) is 3.85. The van der Waals surface area contributed by atoms with Crippen LogP contribution in [0, 0.1) is 25.7 Å². The van der Waals surface area contributed by atoms with Crippen LogP contribution in [0.3, 0.4) is 0 Å². The number of aryl methyl sites for hydroxylation is 2. The zero-order chi connectivity index (χ0) is 25.5. The van der Waals surface area contributed by atoms with Crippen molar-refractivity contribution in [3.8, 4) is 23.3 Å². The lowest BCUT2D eigenvalue weighted by Gasteiger charge is -2.12. The highest BCUT2D eigenvalue weighted by Gasteiger charge is 2.09. The number of hydrogen-bond acceptors (Lipinski definition) is 7. The third kappa shape index (κ3) is 6.72. The number of hydrogen-bond donors (Lipinski definition) is 2. The summed E-state index contributed by atoms with van der Waals surface area (Å²) in [6.45, 7) is 4.09. The van der Waals surface area contributed by atoms with E-state index in [2.05, 4.69) is 37.4 Å². The van der Waals surface area contributed by atoms with Crippen molar-refractivity contribution in [3.05, 3.63) is 77.9 Å². The first-order valence-electron chi connectivity index (χ1n) is 11.2. The van der Waals surface area contributed by atoms with Gasteiger partial charge < -0.3 is 19.9 Å². The molecule has 4 aromatic rings. The Kier molecular flexibility index (Phi) is 8.00. The maximum atomic E-state index is 11.6. The normalized spacial score (nSPS) is 11.3. The van der Waals surface area contributed by atoms with Crippen molar-refractivity contribution < 1.29 is 14.1 Å². The van der Waals surface area contributed by atoms with Gasteiger partial charge in [0, 0.05) is 22.3 Å². The molecule has 0 aliphatic carbocycles. The number of fused-ring (bicyclic) bond motifs is 1. The van der Waals surface area contributed by atoms with Gasteiger partial charge in [-0.25, -0.2) is 9.97 Å². The van der Waals surface area contributed by atoms with Crippen LogP contribution in [0.1, 0.15) is 16.8 Å². The van der Waals surface area contributed by atoms with E-state index in [1.807, 2.05) is 62.4 Å². The zero-order valence-corrected chi connectivity index (χ0v) is 21.0. The van der Waals surface area contributed by atoms with E-state index in [1.54, 1.807) is 6.20 Å². The predicted octanol–water partition coefficient (Wildman–Crippen LogP) is 4.02. The summed E-state index contributed by atoms with van der Waals surface area (Å²) in [5.41, 5.74) is 4.29. The maximum absolute atomic E-state index is 11.6. The van der Waals surface area contributed by atoms with Crippen molar-refractivity contribution >= 4 is 39.5 Å². The second-order valence-corrected chi connectivity index (χ2v) is 9.53. The first-order valence-corrected chi connectivity index (χ1v) is 12.9. The van der Waals surface area contributed by atoms with Gasteiger partial charge in [-0.3, -0.25) is 9.78 Å². The Hall–Kier alpha value is -4.13. The topological polar surface area (TPSA) is 112 Å². The van der Waals surface area contributed by atoms with Gasteiger partial charge in [0.15, 0.2) is 5.75 Å². The van der Waals surface area contributed by atoms with E-state index < -0.39 is 11.2 Å². The molecule has 2 heterocycles. The molecule has 0 saturated heterocycles. The second-order valence-electron chi connectivity index (χ2n) is 8.09. The number of pyridine rings is 1. The molecule has 0 aliphatic rings. The summed E-state index contributed by atoms with van der Waals surface area (Å²) in [6.07, 6.45) is 4.70. The molecule has 0 spiro atoms. The van der Waals surface area contributed by atoms with E-state index in [0.717, 1.165) is 39.2 Å². The molecule has 0 aliphatic heterocycles. The van der Waals surface area contributed by atoms with Gasteiger partial charge in [0.2, 0.25) is 0 Å². The van der Waals surface area contributed by atoms with Gasteiger partial charge in [-0.2, -0.15) is 0 Å². The highest BCUT2D eigenvalue weighted by atomic mass is 32.2. The summed E-state index contributed by atoms with van der Waals surface area (Å²) < 4.78 is 17.1. The highest BCUT2D eigenvalue weighted by molar-refractivity contribution is 7.91. The monoisotopic (exact) mass is 499 g/mol. The molecule has 0 saturated carbocycles. The summed E-state index contributed by atoms with van der Waals surface area (Å²) >= 11 is -1.18. The molecule has 0 fully saturated rings. The Labute approximate surface area is 212 Å². The average Bonchev–Trinajstić information content (AvgIpc) is 2.85. The van der Waals surface area contributed by atoms with E-state index >= 15 is 0 Å². The molecular formula is C27H25N5O3S. The number of rotatable bonds is 7. The average molecular weight is 500 g/mol. The lowest BCUT2D eigenvalue weighted by Crippen LogP contribution is -2.30. The molecule has 2 N–H and O–H groups in total. The maximum Gasteiger partial charge on any atom is 0.270 e. The molecule has 1 unspecified atom stereocenters. The van der Waals surface area contributed by atoms with Crippen LogP contribution in [-0.4, -0.2) is 44.0 Å². The van der Waals surface area contributed by atoms with E-state index in [1.165, 1.54) is 12.6 Å². The number of aromatic nitrogens is 3. The van der Waals surface area contributed by atoms with Crippen LogP contribution >= 0.6 is 0 Å². The number of nitrogens with one attached hydrogen (secondary N) is 2. The molecule has 0 bridgehead atoms. The molecule has 2 aromatic heterocycles. The molecule has 0 radical (unpaired) electrons. The van der Waals surface area contributed by atoms with Gasteiger partial charge in [-0.1, -0.05) is 11.8 Å². The molecular weight excluding hydrogens is 474 g/mol. The predicted molar refractivity (Wildman–Crippen MR) is 142 cm³/mol. The summed E-state index contributed by atoms with van der Waals surface area (Å²) in [4.78, 5) is 24.6. The van der Waals surface area contributed by atoms with Crippen molar-refractivity contribution in [1.82, 2.24) is 20.3 Å². The Bertz CT molecular complexity index is 1450. The van der Waals surface area contributed by atoms with Gasteiger partial charge in [-0.05, 0) is 79.1 Å². The number of ether oxygens (including phenoxy) is 1. The van der Waals surface area contributed by atoms with Crippen molar-refractivity contribution in [2.75, 3.05) is 23.9 Å². The Morgan fingerprint density at radius 2 is 1.94 bits per heavy atom. The SMILES string of the molecule is Cc1ccc(Oc2ccc(Nc3ncnc4ccc(C#CCNC(=O)C[S+](C)[O-])cc34)cc2C)cn1. The molecule has 8 nitrogen and oxygen atoms in total. The lowest BCUT2D eigenvalue weighted by atomic mass is 10.1. The van der Waals surface area contributed by atoms with Crippen molar-refractivity contribution in [2.24, 2.45) is 0 Å². The van der Waals surface area contributed by atoms with Crippen LogP contribution in [0.2, 0.25) is 0 Å². The zero-order valence-electron chi connectivity index (χ0n) is 20.2. The lowest BCUT2D eigenvalue weighted by molar-refractivity contribution is -0.118. The van der Waals surface area contributed by atoms with E-state index in [0.29, 0.717) is 11.6 Å². The van der Waals surface area contributed by atoms with Gasteiger partial charge in [-0.15, -0.1) is 0 Å². The standard InChI is InChI=1S/C27H25N5O3S/c1-18-13-21(8-11-25(18)35-22-9-6-19(2)29-15-22)32-27-23-14-20(7-10-24(23)30-17-31-27)5-4-12-28-26(33)16-36(3)34/h6-11,13-15,17H,12,16H2,1-3H3,(H,28,33)(H,30,31,32). The van der Waals surface area contributed by atoms with Crippen LogP contribution in [-0.2, 0) is 16.0 Å². The molecule has 1 atom stereocenters. The van der Waals surface area contributed by atoms with Crippen LogP contribution in [0.5, 0.6) is 11.5 Å². The number of nitrogens with zero attached hydrogens (tertiary/aromatic N) is 3. The van der Waals surface area contributed by atoms with E-state index in [9.17, 15) is 9.35 Å².